The number of ether oxygens (including phenoxy) is 1. The van der Waals surface area contributed by atoms with Crippen LogP contribution in [-0.2, 0) is 13.6 Å². The molecule has 0 saturated carbocycles. The third-order valence-corrected chi connectivity index (χ3v) is 2.66. The second-order valence-electron chi connectivity index (χ2n) is 4.38. The highest BCUT2D eigenvalue weighted by molar-refractivity contribution is 5.48. The molecule has 0 aliphatic carbocycles. The number of unbranched alkanes of at least 4 members (excludes halogenated alkanes) is 1. The zero-order chi connectivity index (χ0) is 14.2. The lowest BCUT2D eigenvalue weighted by molar-refractivity contribution is 0.313. The van der Waals surface area contributed by atoms with Gasteiger partial charge in [-0.1, -0.05) is 11.3 Å². The number of benzene rings is 1. The summed E-state index contributed by atoms with van der Waals surface area (Å²) in [6, 6.07) is 9.83. The van der Waals surface area contributed by atoms with E-state index in [4.69, 9.17) is 10.00 Å². The maximum absolute atomic E-state index is 8.46. The number of hydrogen-bond acceptors (Lipinski definition) is 5. The van der Waals surface area contributed by atoms with Crippen LogP contribution in [0, 0.1) is 11.3 Å². The molecule has 0 amide bonds. The van der Waals surface area contributed by atoms with Crippen molar-refractivity contribution in [3.63, 3.8) is 0 Å². The summed E-state index contributed by atoms with van der Waals surface area (Å²) in [5.74, 6) is 0.798. The van der Waals surface area contributed by atoms with Crippen molar-refractivity contribution >= 4 is 5.69 Å². The van der Waals surface area contributed by atoms with Gasteiger partial charge in [0.2, 0.25) is 0 Å². The van der Waals surface area contributed by atoms with Crippen LogP contribution in [0.25, 0.3) is 0 Å². The maximum Gasteiger partial charge on any atom is 0.121 e. The molecule has 0 radical (unpaired) electrons. The maximum atomic E-state index is 8.46. The van der Waals surface area contributed by atoms with Gasteiger partial charge in [-0.15, -0.1) is 5.10 Å². The van der Waals surface area contributed by atoms with Crippen molar-refractivity contribution in [2.24, 2.45) is 7.05 Å². The number of aromatic nitrogens is 3. The van der Waals surface area contributed by atoms with E-state index < -0.39 is 0 Å². The highest BCUT2D eigenvalue weighted by atomic mass is 16.5. The number of anilines is 1. The van der Waals surface area contributed by atoms with E-state index >= 15 is 0 Å². The van der Waals surface area contributed by atoms with E-state index in [1.54, 1.807) is 4.68 Å². The molecular formula is C14H17N5O. The minimum absolute atomic E-state index is 0.518. The molecule has 1 aromatic carbocycles. The molecule has 6 heteroatoms. The summed E-state index contributed by atoms with van der Waals surface area (Å²) in [6.45, 7) is 1.17. The van der Waals surface area contributed by atoms with Crippen LogP contribution in [0.2, 0.25) is 0 Å². The zero-order valence-electron chi connectivity index (χ0n) is 11.4. The summed E-state index contributed by atoms with van der Waals surface area (Å²) in [7, 11) is 1.84. The lowest BCUT2D eigenvalue weighted by Gasteiger charge is -2.08. The SMILES string of the molecule is Cn1cc(CNc2cccc(OCCCC#N)c2)nn1. The molecule has 104 valence electrons. The van der Waals surface area contributed by atoms with E-state index in [-0.39, 0.29) is 0 Å². The zero-order valence-corrected chi connectivity index (χ0v) is 11.4. The Labute approximate surface area is 118 Å². The fourth-order valence-electron chi connectivity index (χ4n) is 1.71. The highest BCUT2D eigenvalue weighted by Crippen LogP contribution is 2.18. The van der Waals surface area contributed by atoms with Gasteiger partial charge in [0.15, 0.2) is 0 Å². The van der Waals surface area contributed by atoms with E-state index in [2.05, 4.69) is 21.7 Å². The van der Waals surface area contributed by atoms with Gasteiger partial charge in [0.1, 0.15) is 11.4 Å². The van der Waals surface area contributed by atoms with Crippen molar-refractivity contribution in [1.29, 1.82) is 5.26 Å². The van der Waals surface area contributed by atoms with Crippen LogP contribution in [0.4, 0.5) is 5.69 Å². The molecule has 20 heavy (non-hydrogen) atoms. The number of aryl methyl sites for hydroxylation is 1. The number of nitrogens with one attached hydrogen (secondary N) is 1. The smallest absolute Gasteiger partial charge is 0.121 e. The van der Waals surface area contributed by atoms with Crippen LogP contribution < -0.4 is 10.1 Å². The second-order valence-corrected chi connectivity index (χ2v) is 4.38. The molecule has 6 nitrogen and oxygen atoms in total. The van der Waals surface area contributed by atoms with Crippen molar-refractivity contribution in [3.05, 3.63) is 36.2 Å². The quantitative estimate of drug-likeness (QED) is 0.780. The molecule has 0 bridgehead atoms. The molecule has 2 rings (SSSR count). The predicted octanol–water partition coefficient (Wildman–Crippen LogP) is 2.11. The summed E-state index contributed by atoms with van der Waals surface area (Å²) in [4.78, 5) is 0. The predicted molar refractivity (Wildman–Crippen MR) is 75.1 cm³/mol. The second kappa shape index (κ2) is 7.14. The molecule has 0 atom stereocenters. The first kappa shape index (κ1) is 13.9. The lowest BCUT2D eigenvalue weighted by Crippen LogP contribution is -2.01. The average molecular weight is 271 g/mol. The normalized spacial score (nSPS) is 10.0. The third-order valence-electron chi connectivity index (χ3n) is 2.66. The van der Waals surface area contributed by atoms with Crippen LogP contribution in [0.3, 0.4) is 0 Å². The first-order valence-electron chi connectivity index (χ1n) is 6.47. The van der Waals surface area contributed by atoms with Crippen LogP contribution in [-0.4, -0.2) is 21.6 Å². The summed E-state index contributed by atoms with van der Waals surface area (Å²) in [6.07, 6.45) is 3.13. The first-order valence-corrected chi connectivity index (χ1v) is 6.47. The van der Waals surface area contributed by atoms with E-state index in [1.807, 2.05) is 37.5 Å². The highest BCUT2D eigenvalue weighted by Gasteiger charge is 2.00. The summed E-state index contributed by atoms with van der Waals surface area (Å²) in [5, 5.41) is 19.6. The Morgan fingerprint density at radius 1 is 1.45 bits per heavy atom. The molecule has 1 heterocycles. The molecule has 0 saturated heterocycles. The topological polar surface area (TPSA) is 75.8 Å². The van der Waals surface area contributed by atoms with Crippen LogP contribution in [0.1, 0.15) is 18.5 Å². The van der Waals surface area contributed by atoms with E-state index in [1.165, 1.54) is 0 Å². The molecular weight excluding hydrogens is 254 g/mol. The standard InChI is InChI=1S/C14H17N5O/c1-19-11-13(17-18-19)10-16-12-5-4-6-14(9-12)20-8-3-2-7-15/h4-6,9,11,16H,2-3,8,10H2,1H3. The number of rotatable bonds is 7. The Bertz CT molecular complexity index is 587. The van der Waals surface area contributed by atoms with Gasteiger partial charge in [-0.25, -0.2) is 0 Å². The van der Waals surface area contributed by atoms with E-state index in [9.17, 15) is 0 Å². The summed E-state index contributed by atoms with van der Waals surface area (Å²) < 4.78 is 7.25. The van der Waals surface area contributed by atoms with Gasteiger partial charge in [0.05, 0.1) is 19.2 Å². The van der Waals surface area contributed by atoms with Crippen LogP contribution >= 0.6 is 0 Å². The summed E-state index contributed by atoms with van der Waals surface area (Å²) in [5.41, 5.74) is 1.85. The molecule has 0 aliphatic heterocycles. The van der Waals surface area contributed by atoms with Crippen LogP contribution in [0.5, 0.6) is 5.75 Å². The molecule has 0 fully saturated rings. The van der Waals surface area contributed by atoms with E-state index in [0.717, 1.165) is 23.6 Å². The molecule has 0 unspecified atom stereocenters. The van der Waals surface area contributed by atoms with Gasteiger partial charge in [0, 0.05) is 31.4 Å². The molecule has 0 spiro atoms. The Morgan fingerprint density at radius 2 is 2.35 bits per heavy atom. The third kappa shape index (κ3) is 4.28. The fraction of sp³-hybridized carbons (Fsp3) is 0.357. The summed E-state index contributed by atoms with van der Waals surface area (Å²) >= 11 is 0. The number of hydrogen-bond donors (Lipinski definition) is 1. The first-order chi connectivity index (χ1) is 9.78. The van der Waals surface area contributed by atoms with Gasteiger partial charge in [0.25, 0.3) is 0 Å². The number of nitrogens with zero attached hydrogens (tertiary/aromatic N) is 4. The number of nitriles is 1. The van der Waals surface area contributed by atoms with Crippen molar-refractivity contribution < 1.29 is 4.74 Å². The van der Waals surface area contributed by atoms with Crippen molar-refractivity contribution in [3.8, 4) is 11.8 Å². The Morgan fingerprint density at radius 3 is 3.10 bits per heavy atom. The molecule has 1 aromatic heterocycles. The van der Waals surface area contributed by atoms with Crippen molar-refractivity contribution in [2.45, 2.75) is 19.4 Å². The van der Waals surface area contributed by atoms with Crippen LogP contribution in [0.15, 0.2) is 30.5 Å². The Kier molecular flexibility index (Phi) is 4.95. The average Bonchev–Trinajstić information content (AvgIpc) is 2.88. The molecule has 0 aliphatic rings. The minimum Gasteiger partial charge on any atom is -0.493 e. The van der Waals surface area contributed by atoms with Crippen molar-refractivity contribution in [1.82, 2.24) is 15.0 Å². The monoisotopic (exact) mass is 271 g/mol. The minimum atomic E-state index is 0.518. The fourth-order valence-corrected chi connectivity index (χ4v) is 1.71. The lowest BCUT2D eigenvalue weighted by atomic mass is 10.3. The van der Waals surface area contributed by atoms with E-state index in [0.29, 0.717) is 19.6 Å². The van der Waals surface area contributed by atoms with Gasteiger partial charge < -0.3 is 10.1 Å². The van der Waals surface area contributed by atoms with Gasteiger partial charge in [-0.3, -0.25) is 4.68 Å². The molecule has 2 aromatic rings. The van der Waals surface area contributed by atoms with Gasteiger partial charge in [-0.05, 0) is 18.6 Å². The van der Waals surface area contributed by atoms with Gasteiger partial charge in [-0.2, -0.15) is 5.26 Å². The Balaban J connectivity index is 1.84. The molecule has 1 N–H and O–H groups in total. The Hall–Kier alpha value is -2.55. The largest absolute Gasteiger partial charge is 0.493 e. The van der Waals surface area contributed by atoms with Gasteiger partial charge >= 0.3 is 0 Å². The van der Waals surface area contributed by atoms with Crippen molar-refractivity contribution in [2.75, 3.05) is 11.9 Å².